The van der Waals surface area contributed by atoms with Crippen LogP contribution in [0.15, 0.2) is 24.3 Å². The van der Waals surface area contributed by atoms with Crippen molar-refractivity contribution in [3.05, 3.63) is 35.4 Å². The molecule has 0 bridgehead atoms. The highest BCUT2D eigenvalue weighted by molar-refractivity contribution is 5.95. The van der Waals surface area contributed by atoms with Crippen molar-refractivity contribution in [1.82, 2.24) is 5.32 Å². The van der Waals surface area contributed by atoms with Gasteiger partial charge in [0, 0.05) is 12.5 Å². The quantitative estimate of drug-likeness (QED) is 0.848. The fourth-order valence-corrected chi connectivity index (χ4v) is 2.47. The van der Waals surface area contributed by atoms with Crippen LogP contribution < -0.4 is 5.32 Å². The summed E-state index contributed by atoms with van der Waals surface area (Å²) in [5, 5.41) is 2.94. The Labute approximate surface area is 125 Å². The van der Waals surface area contributed by atoms with Crippen molar-refractivity contribution < 1.29 is 14.3 Å². The number of hydrogen-bond donors (Lipinski definition) is 1. The zero-order valence-corrected chi connectivity index (χ0v) is 12.9. The van der Waals surface area contributed by atoms with Gasteiger partial charge in [0.15, 0.2) is 6.10 Å². The Morgan fingerprint density at radius 1 is 1.29 bits per heavy atom. The summed E-state index contributed by atoms with van der Waals surface area (Å²) >= 11 is 0. The molecule has 1 aliphatic rings. The molecule has 1 aromatic rings. The number of carbonyl (C=O) groups excluding carboxylic acids is 2. The van der Waals surface area contributed by atoms with Crippen LogP contribution in [0.3, 0.4) is 0 Å². The molecule has 1 heterocycles. The molecule has 21 heavy (non-hydrogen) atoms. The van der Waals surface area contributed by atoms with Gasteiger partial charge >= 0.3 is 5.97 Å². The molecule has 1 N–H and O–H groups in total. The summed E-state index contributed by atoms with van der Waals surface area (Å²) in [5.41, 5.74) is 1.44. The molecule has 2 unspecified atom stereocenters. The van der Waals surface area contributed by atoms with Gasteiger partial charge < -0.3 is 10.1 Å². The minimum absolute atomic E-state index is 0.0933. The molecule has 2 rings (SSSR count). The van der Waals surface area contributed by atoms with Crippen LogP contribution in [0.2, 0.25) is 0 Å². The van der Waals surface area contributed by atoms with Crippen molar-refractivity contribution >= 4 is 11.9 Å². The molecule has 0 saturated carbocycles. The zero-order valence-electron chi connectivity index (χ0n) is 12.9. The van der Waals surface area contributed by atoms with Gasteiger partial charge in [0.2, 0.25) is 0 Å². The number of ether oxygens (including phenoxy) is 1. The third-order valence-corrected chi connectivity index (χ3v) is 3.75. The zero-order chi connectivity index (χ0) is 15.4. The van der Waals surface area contributed by atoms with Crippen LogP contribution in [-0.2, 0) is 16.0 Å². The Balaban J connectivity index is 1.94. The van der Waals surface area contributed by atoms with Gasteiger partial charge in [-0.2, -0.15) is 0 Å². The second kappa shape index (κ2) is 6.74. The van der Waals surface area contributed by atoms with E-state index < -0.39 is 12.1 Å². The Hall–Kier alpha value is -1.84. The van der Waals surface area contributed by atoms with Crippen molar-refractivity contribution in [2.24, 2.45) is 5.92 Å². The molecule has 0 aliphatic carbocycles. The lowest BCUT2D eigenvalue weighted by molar-refractivity contribution is -0.131. The van der Waals surface area contributed by atoms with Crippen LogP contribution >= 0.6 is 0 Å². The first kappa shape index (κ1) is 15.5. The van der Waals surface area contributed by atoms with Gasteiger partial charge in [-0.05, 0) is 37.3 Å². The molecule has 114 valence electrons. The third kappa shape index (κ3) is 4.06. The molecule has 0 spiro atoms. The predicted molar refractivity (Wildman–Crippen MR) is 81.0 cm³/mol. The summed E-state index contributed by atoms with van der Waals surface area (Å²) in [6.07, 6.45) is 1.73. The number of amides is 1. The topological polar surface area (TPSA) is 55.4 Å². The Kier molecular flexibility index (Phi) is 4.99. The fourth-order valence-electron chi connectivity index (χ4n) is 2.47. The number of hydrogen-bond acceptors (Lipinski definition) is 3. The van der Waals surface area contributed by atoms with E-state index in [4.69, 9.17) is 4.74 Å². The van der Waals surface area contributed by atoms with Gasteiger partial charge in [-0.3, -0.25) is 4.79 Å². The summed E-state index contributed by atoms with van der Waals surface area (Å²) in [6.45, 7) is 6.31. The molecule has 4 heteroatoms. The maximum Gasteiger partial charge on any atom is 0.339 e. The van der Waals surface area contributed by atoms with Crippen LogP contribution in [0.4, 0.5) is 0 Å². The standard InChI is InChI=1S/C17H23NO3/c1-11(2)8-9-12(3)18-16(19)15-10-13-6-4-5-7-14(13)17(20)21-15/h4-7,11-12,15H,8-10H2,1-3H3,(H,18,19). The number of rotatable bonds is 5. The monoisotopic (exact) mass is 289 g/mol. The van der Waals surface area contributed by atoms with Gasteiger partial charge in [-0.1, -0.05) is 32.0 Å². The molecule has 0 saturated heterocycles. The van der Waals surface area contributed by atoms with Crippen LogP contribution in [0.5, 0.6) is 0 Å². The lowest BCUT2D eigenvalue weighted by Gasteiger charge is -2.25. The van der Waals surface area contributed by atoms with Gasteiger partial charge in [0.05, 0.1) is 5.56 Å². The maximum absolute atomic E-state index is 12.2. The summed E-state index contributed by atoms with van der Waals surface area (Å²) in [5.74, 6) is 0.00433. The number of nitrogens with one attached hydrogen (secondary N) is 1. The first-order valence-corrected chi connectivity index (χ1v) is 7.56. The number of esters is 1. The normalized spacial score (nSPS) is 18.9. The van der Waals surface area contributed by atoms with Crippen LogP contribution in [0.25, 0.3) is 0 Å². The van der Waals surface area contributed by atoms with E-state index in [2.05, 4.69) is 19.2 Å². The second-order valence-electron chi connectivity index (χ2n) is 6.14. The molecular formula is C17H23NO3. The SMILES string of the molecule is CC(C)CCC(C)NC(=O)C1Cc2ccccc2C(=O)O1. The van der Waals surface area contributed by atoms with Crippen LogP contribution in [0.1, 0.15) is 49.5 Å². The molecule has 1 aromatic carbocycles. The third-order valence-electron chi connectivity index (χ3n) is 3.75. The van der Waals surface area contributed by atoms with Crippen LogP contribution in [-0.4, -0.2) is 24.0 Å². The van der Waals surface area contributed by atoms with Gasteiger partial charge in [0.1, 0.15) is 0 Å². The average Bonchev–Trinajstić information content (AvgIpc) is 2.45. The number of fused-ring (bicyclic) bond motifs is 1. The summed E-state index contributed by atoms with van der Waals surface area (Å²) in [6, 6.07) is 7.37. The van der Waals surface area contributed by atoms with Crippen molar-refractivity contribution in [1.29, 1.82) is 0 Å². The highest BCUT2D eigenvalue weighted by Gasteiger charge is 2.31. The van der Waals surface area contributed by atoms with E-state index in [-0.39, 0.29) is 11.9 Å². The van der Waals surface area contributed by atoms with Crippen molar-refractivity contribution in [2.75, 3.05) is 0 Å². The number of carbonyl (C=O) groups is 2. The average molecular weight is 289 g/mol. The summed E-state index contributed by atoms with van der Waals surface area (Å²) in [7, 11) is 0. The predicted octanol–water partition coefficient (Wildman–Crippen LogP) is 2.71. The van der Waals surface area contributed by atoms with Gasteiger partial charge in [0.25, 0.3) is 5.91 Å². The van der Waals surface area contributed by atoms with Crippen molar-refractivity contribution in [2.45, 2.75) is 52.2 Å². The highest BCUT2D eigenvalue weighted by atomic mass is 16.5. The fraction of sp³-hybridized carbons (Fsp3) is 0.529. The lowest BCUT2D eigenvalue weighted by Crippen LogP contribution is -2.45. The minimum atomic E-state index is -0.714. The second-order valence-corrected chi connectivity index (χ2v) is 6.14. The molecule has 0 aromatic heterocycles. The molecule has 1 aliphatic heterocycles. The van der Waals surface area contributed by atoms with Gasteiger partial charge in [-0.25, -0.2) is 4.79 Å². The highest BCUT2D eigenvalue weighted by Crippen LogP contribution is 2.20. The minimum Gasteiger partial charge on any atom is -0.448 e. The van der Waals surface area contributed by atoms with E-state index in [1.54, 1.807) is 12.1 Å². The summed E-state index contributed by atoms with van der Waals surface area (Å²) in [4.78, 5) is 24.1. The molecule has 1 amide bonds. The van der Waals surface area contributed by atoms with E-state index in [0.717, 1.165) is 18.4 Å². The molecule has 2 atom stereocenters. The first-order valence-electron chi connectivity index (χ1n) is 7.56. The first-order chi connectivity index (χ1) is 9.97. The van der Waals surface area contributed by atoms with Crippen molar-refractivity contribution in [3.8, 4) is 0 Å². The Morgan fingerprint density at radius 2 is 2.00 bits per heavy atom. The van der Waals surface area contributed by atoms with E-state index in [0.29, 0.717) is 17.9 Å². The van der Waals surface area contributed by atoms with E-state index in [1.807, 2.05) is 19.1 Å². The van der Waals surface area contributed by atoms with E-state index in [1.165, 1.54) is 0 Å². The molecule has 4 nitrogen and oxygen atoms in total. The smallest absolute Gasteiger partial charge is 0.339 e. The molecule has 0 radical (unpaired) electrons. The van der Waals surface area contributed by atoms with Crippen molar-refractivity contribution in [3.63, 3.8) is 0 Å². The van der Waals surface area contributed by atoms with E-state index >= 15 is 0 Å². The Bertz CT molecular complexity index is 525. The maximum atomic E-state index is 12.2. The molecule has 0 fully saturated rings. The Morgan fingerprint density at radius 3 is 2.71 bits per heavy atom. The lowest BCUT2D eigenvalue weighted by atomic mass is 9.98. The molecular weight excluding hydrogens is 266 g/mol. The number of cyclic esters (lactones) is 1. The number of benzene rings is 1. The van der Waals surface area contributed by atoms with Gasteiger partial charge in [-0.15, -0.1) is 0 Å². The largest absolute Gasteiger partial charge is 0.448 e. The van der Waals surface area contributed by atoms with E-state index in [9.17, 15) is 9.59 Å². The summed E-state index contributed by atoms with van der Waals surface area (Å²) < 4.78 is 5.25. The van der Waals surface area contributed by atoms with Crippen LogP contribution in [0, 0.1) is 5.92 Å².